The van der Waals surface area contributed by atoms with E-state index in [-0.39, 0.29) is 22.9 Å². The first-order valence-electron chi connectivity index (χ1n) is 11.5. The summed E-state index contributed by atoms with van der Waals surface area (Å²) in [4.78, 5) is 38.8. The van der Waals surface area contributed by atoms with Crippen molar-refractivity contribution in [1.29, 1.82) is 0 Å². The average molecular weight is 475 g/mol. The molecule has 0 amide bonds. The van der Waals surface area contributed by atoms with E-state index in [4.69, 9.17) is 9.47 Å². The van der Waals surface area contributed by atoms with Gasteiger partial charge in [-0.15, -0.1) is 0 Å². The molecule has 1 aliphatic carbocycles. The summed E-state index contributed by atoms with van der Waals surface area (Å²) in [5, 5.41) is 0. The highest BCUT2D eigenvalue weighted by atomic mass is 16.6. The third-order valence-corrected chi connectivity index (χ3v) is 6.12. The summed E-state index contributed by atoms with van der Waals surface area (Å²) in [6.45, 7) is 0. The lowest BCUT2D eigenvalue weighted by molar-refractivity contribution is -0.135. The fourth-order valence-electron chi connectivity index (χ4n) is 4.35. The van der Waals surface area contributed by atoms with Crippen LogP contribution in [-0.4, -0.2) is 24.6 Å². The van der Waals surface area contributed by atoms with Crippen LogP contribution in [0.1, 0.15) is 43.3 Å². The number of carbonyl (C=O) groups is 3. The second-order valence-electron chi connectivity index (χ2n) is 8.35. The molecule has 4 aromatic rings. The van der Waals surface area contributed by atoms with Crippen molar-refractivity contribution in [1.82, 2.24) is 0 Å². The number of allylic oxidation sites excluding steroid dienone is 1. The molecular formula is C31H22O5. The van der Waals surface area contributed by atoms with E-state index >= 15 is 0 Å². The number of rotatable bonds is 6. The van der Waals surface area contributed by atoms with Crippen molar-refractivity contribution in [3.8, 4) is 11.5 Å². The highest BCUT2D eigenvalue weighted by molar-refractivity contribution is 6.41. The number of ketones is 2. The Labute approximate surface area is 208 Å². The highest BCUT2D eigenvalue weighted by Crippen LogP contribution is 2.34. The number of methoxy groups -OCH3 is 1. The molecule has 5 nitrogen and oxygen atoms in total. The molecule has 0 atom stereocenters. The maximum absolute atomic E-state index is 13.4. The molecule has 0 N–H and O–H groups in total. The van der Waals surface area contributed by atoms with E-state index in [0.717, 1.165) is 11.1 Å². The lowest BCUT2D eigenvalue weighted by Gasteiger charge is -2.18. The van der Waals surface area contributed by atoms with E-state index in [1.54, 1.807) is 42.5 Å². The molecule has 0 saturated carbocycles. The summed E-state index contributed by atoms with van der Waals surface area (Å²) in [6, 6.07) is 30.5. The number of carbonyl (C=O) groups excluding carboxylic acids is 3. The molecule has 176 valence electrons. The van der Waals surface area contributed by atoms with Gasteiger partial charge in [0.1, 0.15) is 5.92 Å². The molecule has 0 heterocycles. The van der Waals surface area contributed by atoms with Crippen molar-refractivity contribution in [2.75, 3.05) is 7.11 Å². The van der Waals surface area contributed by atoms with Gasteiger partial charge in [0.15, 0.2) is 23.1 Å². The third-order valence-electron chi connectivity index (χ3n) is 6.12. The summed E-state index contributed by atoms with van der Waals surface area (Å²) in [7, 11) is 1.47. The van der Waals surface area contributed by atoms with E-state index in [1.807, 2.05) is 60.7 Å². The number of Topliss-reactive ketones (excluding diaryl/α,β-unsaturated/α-hetero) is 2. The number of fused-ring (bicyclic) bond motifs is 1. The minimum Gasteiger partial charge on any atom is -0.493 e. The Kier molecular flexibility index (Phi) is 6.29. The van der Waals surface area contributed by atoms with Gasteiger partial charge in [0.25, 0.3) is 0 Å². The van der Waals surface area contributed by atoms with Gasteiger partial charge >= 0.3 is 5.97 Å². The molecule has 4 aromatic carbocycles. The Hall–Kier alpha value is -4.77. The van der Waals surface area contributed by atoms with Gasteiger partial charge in [-0.05, 0) is 34.9 Å². The fraction of sp³-hybridized carbons (Fsp3) is 0.0645. The first-order valence-corrected chi connectivity index (χ1v) is 11.5. The van der Waals surface area contributed by atoms with E-state index < -0.39 is 11.9 Å². The van der Waals surface area contributed by atoms with Crippen LogP contribution in [0.4, 0.5) is 0 Å². The van der Waals surface area contributed by atoms with Gasteiger partial charge < -0.3 is 9.47 Å². The lowest BCUT2D eigenvalue weighted by atomic mass is 9.91. The first-order chi connectivity index (χ1) is 17.6. The largest absolute Gasteiger partial charge is 0.493 e. The Bertz CT molecular complexity index is 1410. The molecular weight excluding hydrogens is 452 g/mol. The number of benzene rings is 4. The predicted octanol–water partition coefficient (Wildman–Crippen LogP) is 5.90. The lowest BCUT2D eigenvalue weighted by Crippen LogP contribution is -2.20. The summed E-state index contributed by atoms with van der Waals surface area (Å²) < 4.78 is 11.3. The Balaban J connectivity index is 1.44. The smallest absolute Gasteiger partial charge is 0.323 e. The van der Waals surface area contributed by atoms with Crippen LogP contribution in [0.2, 0.25) is 0 Å². The second kappa shape index (κ2) is 9.84. The molecule has 0 aliphatic heterocycles. The maximum Gasteiger partial charge on any atom is 0.323 e. The van der Waals surface area contributed by atoms with Crippen molar-refractivity contribution in [3.05, 3.63) is 137 Å². The molecule has 5 rings (SSSR count). The Morgan fingerprint density at radius 2 is 1.22 bits per heavy atom. The summed E-state index contributed by atoms with van der Waals surface area (Å²) in [5.74, 6) is -1.13. The van der Waals surface area contributed by atoms with Gasteiger partial charge in [0.05, 0.1) is 12.7 Å². The van der Waals surface area contributed by atoms with Crippen LogP contribution in [0.5, 0.6) is 11.5 Å². The van der Waals surface area contributed by atoms with E-state index in [0.29, 0.717) is 22.4 Å². The number of hydrogen-bond donors (Lipinski definition) is 0. The molecule has 36 heavy (non-hydrogen) atoms. The van der Waals surface area contributed by atoms with E-state index in [9.17, 15) is 14.4 Å². The third kappa shape index (κ3) is 4.34. The van der Waals surface area contributed by atoms with Crippen molar-refractivity contribution in [3.63, 3.8) is 0 Å². The quantitative estimate of drug-likeness (QED) is 0.151. The van der Waals surface area contributed by atoms with Gasteiger partial charge in [-0.2, -0.15) is 0 Å². The van der Waals surface area contributed by atoms with Gasteiger partial charge in [0.2, 0.25) is 0 Å². The van der Waals surface area contributed by atoms with Crippen molar-refractivity contribution in [2.24, 2.45) is 0 Å². The Morgan fingerprint density at radius 3 is 1.75 bits per heavy atom. The second-order valence-corrected chi connectivity index (χ2v) is 8.35. The van der Waals surface area contributed by atoms with Crippen LogP contribution in [0.3, 0.4) is 0 Å². The molecule has 0 unspecified atom stereocenters. The monoisotopic (exact) mass is 474 g/mol. The summed E-state index contributed by atoms with van der Waals surface area (Å²) in [6.07, 6.45) is 1.54. The number of esters is 1. The van der Waals surface area contributed by atoms with Gasteiger partial charge in [-0.25, -0.2) is 0 Å². The molecule has 0 aromatic heterocycles. The zero-order valence-corrected chi connectivity index (χ0v) is 19.5. The van der Waals surface area contributed by atoms with Gasteiger partial charge in [-0.1, -0.05) is 91.0 Å². The normalized spacial score (nSPS) is 12.4. The summed E-state index contributed by atoms with van der Waals surface area (Å²) in [5.41, 5.74) is 3.10. The van der Waals surface area contributed by atoms with Crippen LogP contribution >= 0.6 is 0 Å². The molecule has 0 saturated heterocycles. The Morgan fingerprint density at radius 1 is 0.694 bits per heavy atom. The van der Waals surface area contributed by atoms with Crippen molar-refractivity contribution < 1.29 is 23.9 Å². The van der Waals surface area contributed by atoms with Crippen LogP contribution in [0, 0.1) is 0 Å². The predicted molar refractivity (Wildman–Crippen MR) is 136 cm³/mol. The standard InChI is InChI=1S/C31H22O5/c1-35-27-19-20(18-25-29(32)23-14-8-9-15-24(23)30(25)33)16-17-26(27)36-31(34)28(21-10-4-2-5-11-21)22-12-6-3-7-13-22/h2-19,28H,1H3. The van der Waals surface area contributed by atoms with Crippen LogP contribution in [-0.2, 0) is 4.79 Å². The molecule has 5 heteroatoms. The summed E-state index contributed by atoms with van der Waals surface area (Å²) >= 11 is 0. The molecule has 0 spiro atoms. The van der Waals surface area contributed by atoms with Crippen molar-refractivity contribution in [2.45, 2.75) is 5.92 Å². The molecule has 0 bridgehead atoms. The number of hydrogen-bond acceptors (Lipinski definition) is 5. The minimum atomic E-state index is -0.619. The number of ether oxygens (including phenoxy) is 2. The van der Waals surface area contributed by atoms with Gasteiger partial charge in [0, 0.05) is 11.1 Å². The van der Waals surface area contributed by atoms with Crippen LogP contribution < -0.4 is 9.47 Å². The zero-order chi connectivity index (χ0) is 25.1. The molecule has 1 aliphatic rings. The van der Waals surface area contributed by atoms with E-state index in [2.05, 4.69) is 0 Å². The zero-order valence-electron chi connectivity index (χ0n) is 19.5. The van der Waals surface area contributed by atoms with Crippen LogP contribution in [0.15, 0.2) is 109 Å². The van der Waals surface area contributed by atoms with Crippen LogP contribution in [0.25, 0.3) is 6.08 Å². The first kappa shape index (κ1) is 23.0. The molecule has 0 fully saturated rings. The minimum absolute atomic E-state index is 0.0937. The topological polar surface area (TPSA) is 69.7 Å². The SMILES string of the molecule is COc1cc(C=C2C(=O)c3ccccc3C2=O)ccc1OC(=O)C(c1ccccc1)c1ccccc1. The highest BCUT2D eigenvalue weighted by Gasteiger charge is 2.32. The van der Waals surface area contributed by atoms with Gasteiger partial charge in [-0.3, -0.25) is 14.4 Å². The van der Waals surface area contributed by atoms with Crippen molar-refractivity contribution >= 4 is 23.6 Å². The average Bonchev–Trinajstić information content (AvgIpc) is 3.16. The van der Waals surface area contributed by atoms with E-state index in [1.165, 1.54) is 13.2 Å². The molecule has 0 radical (unpaired) electrons. The fourth-order valence-corrected chi connectivity index (χ4v) is 4.35. The maximum atomic E-state index is 13.4.